The first-order chi connectivity index (χ1) is 53.3. The maximum atomic E-state index is 10.7. The summed E-state index contributed by atoms with van der Waals surface area (Å²) in [4.78, 5) is 43.3. The molecule has 3 aliphatic heterocycles. The van der Waals surface area contributed by atoms with E-state index in [1.165, 1.54) is 116 Å². The summed E-state index contributed by atoms with van der Waals surface area (Å²) < 4.78 is 4.09. The van der Waals surface area contributed by atoms with Gasteiger partial charge >= 0.3 is 5.97 Å². The van der Waals surface area contributed by atoms with E-state index in [-0.39, 0.29) is 76.9 Å². The number of aliphatic hydroxyl groups excluding tert-OH is 9. The van der Waals surface area contributed by atoms with Gasteiger partial charge in [-0.1, -0.05) is 260 Å². The van der Waals surface area contributed by atoms with Crippen LogP contribution in [0.15, 0.2) is 0 Å². The van der Waals surface area contributed by atoms with Gasteiger partial charge in [0.05, 0.1) is 72.6 Å². The van der Waals surface area contributed by atoms with Gasteiger partial charge in [-0.3, -0.25) is 14.5 Å². The van der Waals surface area contributed by atoms with E-state index in [4.69, 9.17) is 60.0 Å². The second-order valence-electron chi connectivity index (χ2n) is 31.6. The summed E-state index contributed by atoms with van der Waals surface area (Å²) in [6.45, 7) is 9.95. The normalized spacial score (nSPS) is 24.1. The minimum absolute atomic E-state index is 0. The van der Waals surface area contributed by atoms with E-state index in [2.05, 4.69) is 50.5 Å². The van der Waals surface area contributed by atoms with Crippen molar-refractivity contribution in [3.63, 3.8) is 0 Å². The van der Waals surface area contributed by atoms with Gasteiger partial charge in [-0.25, -0.2) is 0 Å². The number of halogens is 5. The van der Waals surface area contributed by atoms with Gasteiger partial charge in [0.2, 0.25) is 0 Å². The number of ether oxygens (including phenoxy) is 1. The van der Waals surface area contributed by atoms with Crippen LogP contribution in [0, 0.1) is 7.43 Å². The van der Waals surface area contributed by atoms with Crippen molar-refractivity contribution in [2.24, 2.45) is 0 Å². The molecule has 3 saturated heterocycles. The predicted molar refractivity (Wildman–Crippen MR) is 473 cm³/mol. The standard InChI is InChI=1S/C18H35NO5.C12H24O2.2C12H22O2.C7H12O2.C7H12O.C6H12Br2.C6H13NO4.C2H7P.C2H6.CHCl3.CH3.Pd/c20-13-14-16(22)17(23)15(21)12-19(14)11-7-2-1-4-8-18(24)9-5-3-6-10-18;3*13-11-7-2-1-4-8-12(14)9-5-3-6-10-12;8-7-5-3-1-2-4-6-9-7;8-7-5-3-1-2-4-6-7;7-5-3-1-2-4-6-8;8-2-3-5(10)6(11)4(9)1-7-3;1-3-2;1-2;2-1(3)4;;/h14-17,20-24H,1-13H2;13-14H,1-11H2;2*11,14H,1-10H2;1-6H2;2*1-6H2;3-11H,1-2H2;3H,1-2H3;1-2H3;1H;1H3;/q;;;;;;;;;;;-1;/t14-,15+,16-,17-;;;;;;;3-,4+,5-,6-;;;;;/m1......1...../s1. The van der Waals surface area contributed by atoms with Crippen LogP contribution in [0.4, 0.5) is 0 Å². The number of cyclic esters (lactones) is 1. The number of β-amino-alcohol motifs (C(OH)–C–C–N with tert-alkyl or cyclic N) is 2. The van der Waals surface area contributed by atoms with Gasteiger partial charge in [0.25, 0.3) is 0 Å². The molecule has 113 heavy (non-hydrogen) atoms. The fourth-order valence-corrected chi connectivity index (χ4v) is 15.8. The van der Waals surface area contributed by atoms with Gasteiger partial charge in [-0.2, -0.15) is 0 Å². The summed E-state index contributed by atoms with van der Waals surface area (Å²) in [7, 11) is 1.08. The Kier molecular flexibility index (Phi) is 90.6. The molecule has 0 aromatic rings. The zero-order valence-electron chi connectivity index (χ0n) is 71.1. The summed E-state index contributed by atoms with van der Waals surface area (Å²) in [5, 5.41) is 129. The van der Waals surface area contributed by atoms with Crippen LogP contribution < -0.4 is 5.32 Å². The van der Waals surface area contributed by atoms with Gasteiger partial charge in [-0.15, -0.1) is 8.58 Å². The van der Waals surface area contributed by atoms with E-state index in [9.17, 15) is 65.1 Å². The van der Waals surface area contributed by atoms with Crippen molar-refractivity contribution in [2.75, 3.05) is 70.1 Å². The van der Waals surface area contributed by atoms with Crippen molar-refractivity contribution >= 4 is 99.6 Å². The third-order valence-corrected chi connectivity index (χ3v) is 22.9. The number of carbonyl (C=O) groups excluding carboxylic acids is 4. The van der Waals surface area contributed by atoms with Crippen LogP contribution in [0.2, 0.25) is 0 Å². The zero-order chi connectivity index (χ0) is 83.7. The van der Waals surface area contributed by atoms with Crippen LogP contribution in [0.3, 0.4) is 0 Å². The molecule has 14 N–H and O–H groups in total. The van der Waals surface area contributed by atoms with Crippen molar-refractivity contribution in [3.05, 3.63) is 7.43 Å². The molecule has 0 unspecified atom stereocenters. The Balaban J connectivity index is -0.000000395. The first-order valence-electron chi connectivity index (χ1n) is 43.7. The average Bonchev–Trinajstić information content (AvgIpc) is 0.871. The average molecular weight is 1920 g/mol. The van der Waals surface area contributed by atoms with E-state index in [1.54, 1.807) is 0 Å². The summed E-state index contributed by atoms with van der Waals surface area (Å²) >= 11 is 21.2. The molecule has 27 heteroatoms. The molecule has 0 aromatic carbocycles. The smallest absolute Gasteiger partial charge is 0.305 e. The molecule has 5 aliphatic carbocycles. The van der Waals surface area contributed by atoms with E-state index in [0.717, 1.165) is 250 Å². The number of rotatable bonds is 32. The number of likely N-dealkylation sites (tertiary alicyclic amines) is 1. The number of aliphatic hydroxyl groups is 13. The summed E-state index contributed by atoms with van der Waals surface area (Å²) in [6.07, 6.45) is 54.6. The summed E-state index contributed by atoms with van der Waals surface area (Å²) in [5.41, 5.74) is -1.49. The second-order valence-corrected chi connectivity index (χ2v) is 36.2. The fourth-order valence-electron chi connectivity index (χ4n) is 15.0. The van der Waals surface area contributed by atoms with E-state index >= 15 is 0 Å². The molecule has 0 spiro atoms. The van der Waals surface area contributed by atoms with Crippen LogP contribution in [0.5, 0.6) is 0 Å². The van der Waals surface area contributed by atoms with Crippen LogP contribution in [-0.2, 0) is 44.3 Å². The summed E-state index contributed by atoms with van der Waals surface area (Å²) in [5.74, 6) is 0.456. The van der Waals surface area contributed by atoms with Crippen molar-refractivity contribution in [3.8, 4) is 0 Å². The van der Waals surface area contributed by atoms with E-state index < -0.39 is 58.6 Å². The molecule has 8 rings (SSSR count). The molecule has 682 valence electrons. The number of aldehydes is 2. The van der Waals surface area contributed by atoms with Crippen LogP contribution in [0.25, 0.3) is 0 Å². The largest absolute Gasteiger partial charge is 0.466 e. The number of Topliss-reactive ketones (excluding diaryl/α,β-unsaturated/α-hetero) is 1. The number of hydrogen-bond acceptors (Lipinski definition) is 20. The molecule has 0 aromatic heterocycles. The number of unbranched alkanes of at least 4 members (excludes halogenated alkanes) is 15. The van der Waals surface area contributed by atoms with Crippen molar-refractivity contribution in [1.29, 1.82) is 0 Å². The molecule has 8 fully saturated rings. The number of nitrogens with one attached hydrogen (secondary N) is 1. The molecule has 8 aliphatic rings. The Morgan fingerprint density at radius 1 is 0.469 bits per heavy atom. The Morgan fingerprint density at radius 2 is 0.796 bits per heavy atom. The molecule has 5 saturated carbocycles. The minimum atomic E-state index is -1.19. The molecular formula is C86H169Br2Cl3N2O18PPd-. The maximum Gasteiger partial charge on any atom is 0.305 e. The monoisotopic (exact) mass is 1920 g/mol. The summed E-state index contributed by atoms with van der Waals surface area (Å²) in [6, 6.07) is -1.04. The number of hydrogen-bond donors (Lipinski definition) is 14. The van der Waals surface area contributed by atoms with Gasteiger partial charge in [0.15, 0.2) is 4.30 Å². The Bertz CT molecular complexity index is 2000. The second kappa shape index (κ2) is 83.7. The molecule has 0 amide bonds. The Morgan fingerprint density at radius 3 is 1.15 bits per heavy atom. The van der Waals surface area contributed by atoms with Crippen molar-refractivity contribution < 1.29 is 111 Å². The maximum absolute atomic E-state index is 10.7. The van der Waals surface area contributed by atoms with Crippen LogP contribution in [0.1, 0.15) is 367 Å². The van der Waals surface area contributed by atoms with Gasteiger partial charge in [0, 0.05) is 82.9 Å². The number of nitrogens with zero attached hydrogens (tertiary/aromatic N) is 1. The fraction of sp³-hybridized carbons (Fsp3) is 0.942. The first kappa shape index (κ1) is 122. The molecule has 0 bridgehead atoms. The molecule has 20 nitrogen and oxygen atoms in total. The number of alkyl halides is 5. The third-order valence-electron chi connectivity index (χ3n) is 21.8. The van der Waals surface area contributed by atoms with Crippen molar-refractivity contribution in [1.82, 2.24) is 10.2 Å². The molecular weight excluding hydrogens is 1750 g/mol. The number of esters is 1. The SMILES string of the molecule is BrCCCCCCBr.CC.CPC.ClC(Cl)Cl.O=C1CCCCCC1.O=C1CCCCCCO1.O=CCCCCCC1(O)CCCCC1.O=CCCCCCC1(O)CCCCC1.OCCCCCCC1(O)CCCCC1.OC[C@@H]1[C@@H](O)[C@H](O)[C@@H](O)CN1CCCCCCC1(O)CCCCC1.OC[C@H]1NC[C@H](O)[C@@H](O)[C@@H]1O.[CH3-].[Pd]. The van der Waals surface area contributed by atoms with Gasteiger partial charge in [-0.05, 0) is 161 Å². The first-order valence-corrected chi connectivity index (χ1v) is 49.3. The number of piperidine rings is 2. The molecule has 3 heterocycles. The van der Waals surface area contributed by atoms with E-state index in [0.29, 0.717) is 44.8 Å². The minimum Gasteiger partial charge on any atom is -0.466 e. The van der Waals surface area contributed by atoms with Gasteiger partial charge in [0.1, 0.15) is 36.7 Å². The van der Waals surface area contributed by atoms with Gasteiger partial charge < -0.3 is 93.5 Å². The topological polar surface area (TPSA) is 356 Å². The quantitative estimate of drug-likeness (QED) is 0.00435. The van der Waals surface area contributed by atoms with Crippen molar-refractivity contribution in [2.45, 2.75) is 442 Å². The van der Waals surface area contributed by atoms with Crippen LogP contribution in [-0.4, -0.2) is 241 Å². The van der Waals surface area contributed by atoms with Crippen LogP contribution >= 0.6 is 75.2 Å². The third kappa shape index (κ3) is 70.9. The van der Waals surface area contributed by atoms with E-state index in [1.807, 2.05) is 18.7 Å². The number of ketones is 1. The molecule has 8 atom stereocenters. The zero-order valence-corrected chi connectivity index (χ0v) is 79.1. The Labute approximate surface area is 735 Å². The predicted octanol–water partition coefficient (Wildman–Crippen LogP) is 16.8. The Hall–Kier alpha value is 0.802. The number of carbonyl (C=O) groups is 4. The molecule has 0 radical (unpaired) electrons.